The normalized spacial score (nSPS) is 10.8. The number of carbonyl (C=O) groups is 1. The van der Waals surface area contributed by atoms with Gasteiger partial charge in [0.05, 0.1) is 7.11 Å². The summed E-state index contributed by atoms with van der Waals surface area (Å²) in [5, 5.41) is 11.3. The Balaban J connectivity index is 1.82. The van der Waals surface area contributed by atoms with E-state index in [1.165, 1.54) is 37.6 Å². The van der Waals surface area contributed by atoms with E-state index in [1.807, 2.05) is 55.4 Å². The second kappa shape index (κ2) is 10.8. The molecule has 3 rings (SSSR count). The molecule has 0 radical (unpaired) electrons. The fourth-order valence-corrected chi connectivity index (χ4v) is 3.68. The molecular weight excluding hydrogens is 441 g/mol. The standard InChI is InChI=1S/C26H25ClFN3O2/c1-30-25-8-7-18(12-21(25)15-29)19-5-6-20(24(27)13-19)16-31(2)23-11-17(10-22(28)14-23)4-9-26(32)33-3/h4-15,29-30H,16H2,1-3H3/b9-4+,29-15?. The van der Waals surface area contributed by atoms with E-state index in [9.17, 15) is 9.18 Å². The molecule has 0 heterocycles. The molecule has 170 valence electrons. The van der Waals surface area contributed by atoms with Gasteiger partial charge < -0.3 is 20.4 Å². The first-order valence-corrected chi connectivity index (χ1v) is 10.6. The lowest BCUT2D eigenvalue weighted by Crippen LogP contribution is -2.17. The van der Waals surface area contributed by atoms with Gasteiger partial charge in [-0.05, 0) is 64.7 Å². The van der Waals surface area contributed by atoms with Crippen molar-refractivity contribution in [1.29, 1.82) is 5.41 Å². The average molecular weight is 466 g/mol. The summed E-state index contributed by atoms with van der Waals surface area (Å²) in [5.41, 5.74) is 5.67. The molecule has 5 nitrogen and oxygen atoms in total. The minimum atomic E-state index is -0.505. The summed E-state index contributed by atoms with van der Waals surface area (Å²) >= 11 is 6.59. The molecule has 0 aliphatic carbocycles. The number of benzene rings is 3. The highest BCUT2D eigenvalue weighted by atomic mass is 35.5. The minimum Gasteiger partial charge on any atom is -0.466 e. The third-order valence-corrected chi connectivity index (χ3v) is 5.58. The van der Waals surface area contributed by atoms with Crippen molar-refractivity contribution in [2.75, 3.05) is 31.4 Å². The van der Waals surface area contributed by atoms with Crippen LogP contribution in [0, 0.1) is 11.2 Å². The number of hydrogen-bond acceptors (Lipinski definition) is 5. The van der Waals surface area contributed by atoms with Crippen LogP contribution < -0.4 is 10.2 Å². The molecule has 3 aromatic rings. The monoisotopic (exact) mass is 465 g/mol. The van der Waals surface area contributed by atoms with Gasteiger partial charge >= 0.3 is 5.97 Å². The molecule has 33 heavy (non-hydrogen) atoms. The molecule has 0 bridgehead atoms. The van der Waals surface area contributed by atoms with Crippen LogP contribution in [0.15, 0.2) is 60.7 Å². The Labute approximate surface area is 198 Å². The van der Waals surface area contributed by atoms with E-state index in [2.05, 4.69) is 10.1 Å². The summed E-state index contributed by atoms with van der Waals surface area (Å²) in [6.45, 7) is 0.465. The van der Waals surface area contributed by atoms with Gasteiger partial charge in [0.1, 0.15) is 5.82 Å². The quantitative estimate of drug-likeness (QED) is 0.243. The largest absolute Gasteiger partial charge is 0.466 e. The molecule has 0 aliphatic rings. The van der Waals surface area contributed by atoms with Crippen molar-refractivity contribution in [3.63, 3.8) is 0 Å². The predicted octanol–water partition coefficient (Wildman–Crippen LogP) is 6.01. The molecule has 2 N–H and O–H groups in total. The van der Waals surface area contributed by atoms with Crippen molar-refractivity contribution >= 4 is 41.2 Å². The van der Waals surface area contributed by atoms with Gasteiger partial charge in [0.15, 0.2) is 0 Å². The molecule has 0 aliphatic heterocycles. The summed E-state index contributed by atoms with van der Waals surface area (Å²) in [6, 6.07) is 16.2. The van der Waals surface area contributed by atoms with Crippen LogP contribution in [0.5, 0.6) is 0 Å². The first-order valence-electron chi connectivity index (χ1n) is 10.2. The number of carbonyl (C=O) groups excluding carboxylic acids is 1. The Morgan fingerprint density at radius 2 is 1.88 bits per heavy atom. The highest BCUT2D eigenvalue weighted by Crippen LogP contribution is 2.30. The van der Waals surface area contributed by atoms with E-state index in [0.717, 1.165) is 27.9 Å². The molecule has 0 unspecified atom stereocenters. The van der Waals surface area contributed by atoms with Crippen LogP contribution in [0.2, 0.25) is 5.02 Å². The molecule has 0 aromatic heterocycles. The number of anilines is 2. The fourth-order valence-electron chi connectivity index (χ4n) is 3.44. The zero-order valence-corrected chi connectivity index (χ0v) is 19.4. The molecule has 0 saturated carbocycles. The first kappa shape index (κ1) is 24.0. The Morgan fingerprint density at radius 3 is 2.55 bits per heavy atom. The topological polar surface area (TPSA) is 65.4 Å². The molecular formula is C26H25ClFN3O2. The highest BCUT2D eigenvalue weighted by molar-refractivity contribution is 6.31. The van der Waals surface area contributed by atoms with Crippen LogP contribution >= 0.6 is 11.6 Å². The van der Waals surface area contributed by atoms with Crippen molar-refractivity contribution < 1.29 is 13.9 Å². The van der Waals surface area contributed by atoms with Gasteiger partial charge in [-0.25, -0.2) is 9.18 Å². The maximum atomic E-state index is 14.1. The van der Waals surface area contributed by atoms with Gasteiger partial charge in [0, 0.05) is 54.9 Å². The molecule has 0 spiro atoms. The van der Waals surface area contributed by atoms with Gasteiger partial charge in [-0.2, -0.15) is 0 Å². The third-order valence-electron chi connectivity index (χ3n) is 5.23. The van der Waals surface area contributed by atoms with E-state index in [1.54, 1.807) is 6.07 Å². The zero-order chi connectivity index (χ0) is 24.0. The van der Waals surface area contributed by atoms with Crippen LogP contribution in [0.4, 0.5) is 15.8 Å². The Hall–Kier alpha value is -3.64. The third kappa shape index (κ3) is 5.99. The van der Waals surface area contributed by atoms with Gasteiger partial charge in [0.2, 0.25) is 0 Å². The smallest absolute Gasteiger partial charge is 0.330 e. The molecule has 3 aromatic carbocycles. The lowest BCUT2D eigenvalue weighted by atomic mass is 10.0. The Morgan fingerprint density at radius 1 is 1.15 bits per heavy atom. The van der Waals surface area contributed by atoms with Crippen molar-refractivity contribution in [3.05, 3.63) is 88.2 Å². The lowest BCUT2D eigenvalue weighted by molar-refractivity contribution is -0.134. The van der Waals surface area contributed by atoms with Crippen molar-refractivity contribution in [1.82, 2.24) is 0 Å². The molecule has 7 heteroatoms. The van der Waals surface area contributed by atoms with Crippen LogP contribution in [0.1, 0.15) is 16.7 Å². The number of esters is 1. The van der Waals surface area contributed by atoms with Gasteiger partial charge in [0.25, 0.3) is 0 Å². The summed E-state index contributed by atoms with van der Waals surface area (Å²) < 4.78 is 18.7. The SMILES string of the molecule is CNc1ccc(-c2ccc(CN(C)c3cc(F)cc(/C=C/C(=O)OC)c3)c(Cl)c2)cc1C=N. The second-order valence-electron chi connectivity index (χ2n) is 7.46. The van der Waals surface area contributed by atoms with Crippen LogP contribution in [-0.4, -0.2) is 33.4 Å². The highest BCUT2D eigenvalue weighted by Gasteiger charge is 2.10. The molecule has 0 fully saturated rings. The van der Waals surface area contributed by atoms with Gasteiger partial charge in [-0.1, -0.05) is 29.8 Å². The maximum Gasteiger partial charge on any atom is 0.330 e. The summed E-state index contributed by atoms with van der Waals surface area (Å²) in [5.74, 6) is -0.910. The predicted molar refractivity (Wildman–Crippen MR) is 134 cm³/mol. The van der Waals surface area contributed by atoms with Crippen LogP contribution in [0.3, 0.4) is 0 Å². The fraction of sp³-hybridized carbons (Fsp3) is 0.154. The summed E-state index contributed by atoms with van der Waals surface area (Å²) in [4.78, 5) is 13.2. The summed E-state index contributed by atoms with van der Waals surface area (Å²) in [7, 11) is 4.96. The average Bonchev–Trinajstić information content (AvgIpc) is 2.82. The van der Waals surface area contributed by atoms with E-state index < -0.39 is 11.8 Å². The Bertz CT molecular complexity index is 1210. The van der Waals surface area contributed by atoms with Crippen molar-refractivity contribution in [2.24, 2.45) is 0 Å². The first-order chi connectivity index (χ1) is 15.8. The summed E-state index contributed by atoms with van der Waals surface area (Å²) in [6.07, 6.45) is 4.07. The number of halogens is 2. The van der Waals surface area contributed by atoms with Gasteiger partial charge in [-0.15, -0.1) is 0 Å². The minimum absolute atomic E-state index is 0.405. The molecule has 0 saturated heterocycles. The number of methoxy groups -OCH3 is 1. The number of nitrogens with one attached hydrogen (secondary N) is 2. The number of nitrogens with zero attached hydrogens (tertiary/aromatic N) is 1. The maximum absolute atomic E-state index is 14.1. The van der Waals surface area contributed by atoms with Gasteiger partial charge in [-0.3, -0.25) is 0 Å². The number of ether oxygens (including phenoxy) is 1. The molecule has 0 amide bonds. The Kier molecular flexibility index (Phi) is 7.85. The van der Waals surface area contributed by atoms with E-state index in [-0.39, 0.29) is 0 Å². The molecule has 0 atom stereocenters. The number of rotatable bonds is 8. The van der Waals surface area contributed by atoms with E-state index >= 15 is 0 Å². The zero-order valence-electron chi connectivity index (χ0n) is 18.7. The number of hydrogen-bond donors (Lipinski definition) is 2. The van der Waals surface area contributed by atoms with Crippen molar-refractivity contribution in [2.45, 2.75) is 6.54 Å². The lowest BCUT2D eigenvalue weighted by Gasteiger charge is -2.21. The van der Waals surface area contributed by atoms with E-state index in [0.29, 0.717) is 22.8 Å². The van der Waals surface area contributed by atoms with Crippen molar-refractivity contribution in [3.8, 4) is 11.1 Å². The van der Waals surface area contributed by atoms with Crippen LogP contribution in [0.25, 0.3) is 17.2 Å². The second-order valence-corrected chi connectivity index (χ2v) is 7.87. The van der Waals surface area contributed by atoms with Crippen LogP contribution in [-0.2, 0) is 16.1 Å². The van der Waals surface area contributed by atoms with E-state index in [4.69, 9.17) is 17.0 Å².